The Balaban J connectivity index is 1.44. The molecule has 1 aliphatic heterocycles. The lowest BCUT2D eigenvalue weighted by Gasteiger charge is -2.29. The third-order valence-corrected chi connectivity index (χ3v) is 6.56. The molecule has 8 nitrogen and oxygen atoms in total. The fraction of sp³-hybridized carbons (Fsp3) is 0.138. The van der Waals surface area contributed by atoms with Gasteiger partial charge in [0.2, 0.25) is 5.91 Å². The van der Waals surface area contributed by atoms with Crippen molar-refractivity contribution in [2.45, 2.75) is 25.9 Å². The summed E-state index contributed by atoms with van der Waals surface area (Å²) in [6.07, 6.45) is 3.35. The maximum absolute atomic E-state index is 15.1. The van der Waals surface area contributed by atoms with E-state index >= 15 is 4.39 Å². The molecular formula is C29H23ClFN5O3. The number of nitrogens with zero attached hydrogens (tertiary/aromatic N) is 3. The zero-order valence-electron chi connectivity index (χ0n) is 20.8. The Morgan fingerprint density at radius 2 is 1.92 bits per heavy atom. The number of carbonyl (C=O) groups excluding carboxylic acids is 3. The molecule has 4 aromatic rings. The van der Waals surface area contributed by atoms with E-state index in [1.807, 2.05) is 6.92 Å². The van der Waals surface area contributed by atoms with Gasteiger partial charge in [0, 0.05) is 36.1 Å². The van der Waals surface area contributed by atoms with Crippen LogP contribution < -0.4 is 10.6 Å². The standard InChI is InChI=1S/C29H23ClFN5O3/c1-17-5-10-26(33-15-17)35-27(37)21-8-6-18(12-23(21)31)16-36-25(14-20-4-2-3-11-32-20)28(38)34-24-13-19(30)7-9-22(24)29(36)39/h2-13,15,25H,14,16H2,1H3,(H,34,38)(H,33,35,37). The minimum absolute atomic E-state index is 0.0792. The third kappa shape index (κ3) is 5.78. The van der Waals surface area contributed by atoms with Crippen LogP contribution in [0.25, 0.3) is 0 Å². The van der Waals surface area contributed by atoms with Gasteiger partial charge < -0.3 is 15.5 Å². The molecule has 0 spiro atoms. The first-order valence-corrected chi connectivity index (χ1v) is 12.5. The number of fused-ring (bicyclic) bond motifs is 1. The van der Waals surface area contributed by atoms with Gasteiger partial charge >= 0.3 is 0 Å². The molecule has 3 amide bonds. The van der Waals surface area contributed by atoms with Crippen molar-refractivity contribution in [1.82, 2.24) is 14.9 Å². The highest BCUT2D eigenvalue weighted by Gasteiger charge is 2.36. The average molecular weight is 544 g/mol. The van der Waals surface area contributed by atoms with Gasteiger partial charge in [-0.1, -0.05) is 29.8 Å². The molecule has 0 radical (unpaired) electrons. The zero-order chi connectivity index (χ0) is 27.5. The number of pyridine rings is 2. The second-order valence-electron chi connectivity index (χ2n) is 9.14. The fourth-order valence-corrected chi connectivity index (χ4v) is 4.50. The highest BCUT2D eigenvalue weighted by atomic mass is 35.5. The topological polar surface area (TPSA) is 104 Å². The van der Waals surface area contributed by atoms with Crippen LogP contribution in [0.2, 0.25) is 5.02 Å². The van der Waals surface area contributed by atoms with Crippen LogP contribution in [-0.4, -0.2) is 38.6 Å². The Morgan fingerprint density at radius 3 is 2.64 bits per heavy atom. The van der Waals surface area contributed by atoms with Crippen LogP contribution in [0.5, 0.6) is 0 Å². The molecule has 2 aromatic carbocycles. The molecule has 2 N–H and O–H groups in total. The molecule has 1 unspecified atom stereocenters. The van der Waals surface area contributed by atoms with Gasteiger partial charge in [-0.05, 0) is 66.6 Å². The number of carbonyl (C=O) groups is 3. The van der Waals surface area contributed by atoms with Crippen LogP contribution in [0.3, 0.4) is 0 Å². The molecule has 3 heterocycles. The molecule has 1 aliphatic rings. The first-order chi connectivity index (χ1) is 18.8. The molecular weight excluding hydrogens is 521 g/mol. The first kappa shape index (κ1) is 26.0. The van der Waals surface area contributed by atoms with E-state index in [1.54, 1.807) is 60.9 Å². The zero-order valence-corrected chi connectivity index (χ0v) is 21.6. The maximum Gasteiger partial charge on any atom is 0.259 e. The lowest BCUT2D eigenvalue weighted by molar-refractivity contribution is -0.120. The quantitative estimate of drug-likeness (QED) is 0.355. The predicted molar refractivity (Wildman–Crippen MR) is 145 cm³/mol. The number of amides is 3. The van der Waals surface area contributed by atoms with Crippen LogP contribution in [-0.2, 0) is 17.8 Å². The monoisotopic (exact) mass is 543 g/mol. The largest absolute Gasteiger partial charge is 0.323 e. The lowest BCUT2D eigenvalue weighted by Crippen LogP contribution is -2.46. The van der Waals surface area contributed by atoms with Crippen LogP contribution in [0, 0.1) is 12.7 Å². The summed E-state index contributed by atoms with van der Waals surface area (Å²) in [5.41, 5.74) is 2.33. The number of rotatable bonds is 6. The van der Waals surface area contributed by atoms with E-state index in [4.69, 9.17) is 11.6 Å². The summed E-state index contributed by atoms with van der Waals surface area (Å²) < 4.78 is 15.1. The Kier molecular flexibility index (Phi) is 7.33. The van der Waals surface area contributed by atoms with Crippen LogP contribution in [0.1, 0.15) is 37.5 Å². The highest BCUT2D eigenvalue weighted by molar-refractivity contribution is 6.31. The van der Waals surface area contributed by atoms with Crippen LogP contribution in [0.4, 0.5) is 15.9 Å². The summed E-state index contributed by atoms with van der Waals surface area (Å²) in [7, 11) is 0. The van der Waals surface area contributed by atoms with E-state index in [-0.39, 0.29) is 24.1 Å². The lowest BCUT2D eigenvalue weighted by atomic mass is 10.0. The van der Waals surface area contributed by atoms with Gasteiger partial charge in [0.25, 0.3) is 11.8 Å². The fourth-order valence-electron chi connectivity index (χ4n) is 4.33. The van der Waals surface area contributed by atoms with Crippen LogP contribution in [0.15, 0.2) is 79.1 Å². The van der Waals surface area contributed by atoms with Gasteiger partial charge in [-0.25, -0.2) is 9.37 Å². The summed E-state index contributed by atoms with van der Waals surface area (Å²) in [6.45, 7) is 1.79. The number of nitrogens with one attached hydrogen (secondary N) is 2. The van der Waals surface area contributed by atoms with E-state index in [2.05, 4.69) is 20.6 Å². The average Bonchev–Trinajstić information content (AvgIpc) is 3.00. The molecule has 0 bridgehead atoms. The molecule has 0 saturated heterocycles. The Bertz CT molecular complexity index is 1560. The van der Waals surface area contributed by atoms with Crippen molar-refractivity contribution >= 4 is 40.8 Å². The third-order valence-electron chi connectivity index (χ3n) is 6.32. The van der Waals surface area contributed by atoms with Crippen molar-refractivity contribution in [3.05, 3.63) is 118 Å². The molecule has 1 atom stereocenters. The minimum Gasteiger partial charge on any atom is -0.323 e. The van der Waals surface area contributed by atoms with Gasteiger partial charge in [-0.3, -0.25) is 19.4 Å². The van der Waals surface area contributed by atoms with E-state index in [0.717, 1.165) is 5.56 Å². The molecule has 10 heteroatoms. The van der Waals surface area contributed by atoms with Gasteiger partial charge in [-0.2, -0.15) is 0 Å². The molecule has 0 saturated carbocycles. The van der Waals surface area contributed by atoms with Crippen molar-refractivity contribution < 1.29 is 18.8 Å². The normalized spacial score (nSPS) is 14.8. The molecule has 0 fully saturated rings. The van der Waals surface area contributed by atoms with E-state index in [9.17, 15) is 14.4 Å². The molecule has 0 aliphatic carbocycles. The van der Waals surface area contributed by atoms with Crippen molar-refractivity contribution in [2.75, 3.05) is 10.6 Å². The van der Waals surface area contributed by atoms with Gasteiger partial charge in [0.15, 0.2) is 0 Å². The summed E-state index contributed by atoms with van der Waals surface area (Å²) in [5, 5.41) is 5.74. The van der Waals surface area contributed by atoms with Crippen molar-refractivity contribution in [3.8, 4) is 0 Å². The van der Waals surface area contributed by atoms with Gasteiger partial charge in [0.05, 0.1) is 16.8 Å². The number of aryl methyl sites for hydroxylation is 1. The SMILES string of the molecule is Cc1ccc(NC(=O)c2ccc(CN3C(=O)c4ccc(Cl)cc4NC(=O)C3Cc3ccccn3)cc2F)nc1. The second kappa shape index (κ2) is 11.0. The number of aromatic nitrogens is 2. The number of benzene rings is 2. The summed E-state index contributed by atoms with van der Waals surface area (Å²) >= 11 is 6.11. The van der Waals surface area contributed by atoms with Gasteiger partial charge in [-0.15, -0.1) is 0 Å². The molecule has 196 valence electrons. The maximum atomic E-state index is 15.1. The second-order valence-corrected chi connectivity index (χ2v) is 9.58. The molecule has 2 aromatic heterocycles. The number of halogens is 2. The molecule has 5 rings (SSSR count). The number of anilines is 2. The Hall–Kier alpha value is -4.63. The van der Waals surface area contributed by atoms with Gasteiger partial charge in [0.1, 0.15) is 17.7 Å². The van der Waals surface area contributed by atoms with Crippen molar-refractivity contribution in [3.63, 3.8) is 0 Å². The van der Waals surface area contributed by atoms with E-state index in [0.29, 0.717) is 27.8 Å². The summed E-state index contributed by atoms with van der Waals surface area (Å²) in [4.78, 5) is 49.5. The van der Waals surface area contributed by atoms with E-state index < -0.39 is 29.6 Å². The summed E-state index contributed by atoms with van der Waals surface area (Å²) in [6, 6.07) is 16.5. The number of hydrogen-bond acceptors (Lipinski definition) is 5. The Morgan fingerprint density at radius 1 is 1.08 bits per heavy atom. The van der Waals surface area contributed by atoms with Crippen LogP contribution >= 0.6 is 11.6 Å². The smallest absolute Gasteiger partial charge is 0.259 e. The van der Waals surface area contributed by atoms with Crippen molar-refractivity contribution in [2.24, 2.45) is 0 Å². The van der Waals surface area contributed by atoms with Crippen molar-refractivity contribution in [1.29, 1.82) is 0 Å². The highest BCUT2D eigenvalue weighted by Crippen LogP contribution is 2.29. The van der Waals surface area contributed by atoms with E-state index in [1.165, 1.54) is 23.1 Å². The minimum atomic E-state index is -0.933. The Labute approximate surface area is 228 Å². The summed E-state index contributed by atoms with van der Waals surface area (Å²) in [5.74, 6) is -1.96. The number of hydrogen-bond donors (Lipinski definition) is 2. The predicted octanol–water partition coefficient (Wildman–Crippen LogP) is 5.04. The first-order valence-electron chi connectivity index (χ1n) is 12.1. The molecule has 39 heavy (non-hydrogen) atoms.